The third-order valence-electron chi connectivity index (χ3n) is 3.80. The molecule has 20 heavy (non-hydrogen) atoms. The number of carboxylic acids is 1. The molecule has 2 atom stereocenters. The molecule has 0 aromatic heterocycles. The van der Waals surface area contributed by atoms with Gasteiger partial charge in [0.2, 0.25) is 0 Å². The molecule has 0 spiro atoms. The van der Waals surface area contributed by atoms with Crippen LogP contribution in [-0.2, 0) is 4.79 Å². The van der Waals surface area contributed by atoms with E-state index in [1.54, 1.807) is 0 Å². The standard InChI is InChI=1S/C14H27N3O3/c1-4-11(8-13(18)19)9-15-14(20)17-7-5-6-12(17)10-16(2)3/h11-12H,4-10H2,1-3H3,(H,15,20)(H,18,19). The van der Waals surface area contributed by atoms with E-state index in [-0.39, 0.29) is 24.4 Å². The predicted molar refractivity (Wildman–Crippen MR) is 77.7 cm³/mol. The van der Waals surface area contributed by atoms with Gasteiger partial charge in [-0.1, -0.05) is 13.3 Å². The van der Waals surface area contributed by atoms with Crippen LogP contribution in [0.1, 0.15) is 32.6 Å². The highest BCUT2D eigenvalue weighted by molar-refractivity contribution is 5.75. The van der Waals surface area contributed by atoms with Crippen molar-refractivity contribution in [3.8, 4) is 0 Å². The first-order valence-corrected chi connectivity index (χ1v) is 7.35. The molecule has 2 amide bonds. The summed E-state index contributed by atoms with van der Waals surface area (Å²) in [5, 5.41) is 11.7. The first-order chi connectivity index (χ1) is 9.43. The monoisotopic (exact) mass is 285 g/mol. The Labute approximate surface area is 121 Å². The van der Waals surface area contributed by atoms with E-state index in [0.717, 1.165) is 32.4 Å². The second kappa shape index (κ2) is 8.09. The van der Waals surface area contributed by atoms with Crippen LogP contribution in [0.4, 0.5) is 4.79 Å². The Morgan fingerprint density at radius 3 is 2.70 bits per heavy atom. The van der Waals surface area contributed by atoms with E-state index in [4.69, 9.17) is 5.11 Å². The maximum atomic E-state index is 12.2. The Morgan fingerprint density at radius 1 is 1.45 bits per heavy atom. The van der Waals surface area contributed by atoms with Crippen LogP contribution in [0, 0.1) is 5.92 Å². The maximum Gasteiger partial charge on any atom is 0.317 e. The fraction of sp³-hybridized carbons (Fsp3) is 0.857. The molecule has 0 aromatic rings. The molecular weight excluding hydrogens is 258 g/mol. The molecule has 0 saturated carbocycles. The number of carboxylic acid groups (broad SMARTS) is 1. The molecule has 1 heterocycles. The summed E-state index contributed by atoms with van der Waals surface area (Å²) >= 11 is 0. The average molecular weight is 285 g/mol. The Kier molecular flexibility index (Phi) is 6.78. The number of likely N-dealkylation sites (N-methyl/N-ethyl adjacent to an activating group) is 1. The van der Waals surface area contributed by atoms with Gasteiger partial charge in [0, 0.05) is 32.1 Å². The van der Waals surface area contributed by atoms with E-state index >= 15 is 0 Å². The molecule has 2 unspecified atom stereocenters. The Balaban J connectivity index is 2.42. The number of rotatable bonds is 7. The number of aliphatic carboxylic acids is 1. The van der Waals surface area contributed by atoms with Gasteiger partial charge in [0.15, 0.2) is 0 Å². The summed E-state index contributed by atoms with van der Waals surface area (Å²) in [5.41, 5.74) is 0. The van der Waals surface area contributed by atoms with Crippen molar-refractivity contribution in [2.45, 2.75) is 38.6 Å². The van der Waals surface area contributed by atoms with Crippen LogP contribution in [0.3, 0.4) is 0 Å². The third kappa shape index (κ3) is 5.36. The number of amides is 2. The highest BCUT2D eigenvalue weighted by Gasteiger charge is 2.29. The molecule has 0 aromatic carbocycles. The van der Waals surface area contributed by atoms with E-state index in [2.05, 4.69) is 10.2 Å². The van der Waals surface area contributed by atoms with Crippen molar-refractivity contribution >= 4 is 12.0 Å². The number of likely N-dealkylation sites (tertiary alicyclic amines) is 1. The van der Waals surface area contributed by atoms with Crippen LogP contribution < -0.4 is 5.32 Å². The van der Waals surface area contributed by atoms with Crippen LogP contribution in [-0.4, -0.2) is 66.7 Å². The number of nitrogens with zero attached hydrogens (tertiary/aromatic N) is 2. The van der Waals surface area contributed by atoms with Crippen molar-refractivity contribution < 1.29 is 14.7 Å². The lowest BCUT2D eigenvalue weighted by Gasteiger charge is -2.28. The fourth-order valence-corrected chi connectivity index (χ4v) is 2.66. The van der Waals surface area contributed by atoms with Crippen molar-refractivity contribution in [2.24, 2.45) is 5.92 Å². The second-order valence-corrected chi connectivity index (χ2v) is 5.81. The molecule has 6 heteroatoms. The van der Waals surface area contributed by atoms with Gasteiger partial charge in [-0.3, -0.25) is 4.79 Å². The van der Waals surface area contributed by atoms with Crippen LogP contribution in [0.2, 0.25) is 0 Å². The second-order valence-electron chi connectivity index (χ2n) is 5.81. The summed E-state index contributed by atoms with van der Waals surface area (Å²) in [5.74, 6) is -0.802. The van der Waals surface area contributed by atoms with E-state index in [1.165, 1.54) is 0 Å². The summed E-state index contributed by atoms with van der Waals surface area (Å²) in [6.07, 6.45) is 2.95. The molecule has 1 rings (SSSR count). The summed E-state index contributed by atoms with van der Waals surface area (Å²) < 4.78 is 0. The van der Waals surface area contributed by atoms with Crippen LogP contribution >= 0.6 is 0 Å². The maximum absolute atomic E-state index is 12.2. The van der Waals surface area contributed by atoms with Crippen LogP contribution in [0.5, 0.6) is 0 Å². The van der Waals surface area contributed by atoms with Gasteiger partial charge < -0.3 is 20.2 Å². The first-order valence-electron chi connectivity index (χ1n) is 7.35. The minimum atomic E-state index is -0.808. The molecule has 116 valence electrons. The number of carbonyl (C=O) groups is 2. The Bertz CT molecular complexity index is 334. The number of urea groups is 1. The van der Waals surface area contributed by atoms with E-state index in [0.29, 0.717) is 6.54 Å². The van der Waals surface area contributed by atoms with Gasteiger partial charge in [-0.15, -0.1) is 0 Å². The molecular formula is C14H27N3O3. The first kappa shape index (κ1) is 16.8. The number of hydrogen-bond donors (Lipinski definition) is 2. The van der Waals surface area contributed by atoms with Gasteiger partial charge in [0.1, 0.15) is 0 Å². The van der Waals surface area contributed by atoms with Crippen molar-refractivity contribution in [3.63, 3.8) is 0 Å². The van der Waals surface area contributed by atoms with Gasteiger partial charge in [-0.25, -0.2) is 4.79 Å². The molecule has 6 nitrogen and oxygen atoms in total. The van der Waals surface area contributed by atoms with Gasteiger partial charge >= 0.3 is 12.0 Å². The quantitative estimate of drug-likeness (QED) is 0.738. The minimum Gasteiger partial charge on any atom is -0.481 e. The van der Waals surface area contributed by atoms with Crippen LogP contribution in [0.15, 0.2) is 0 Å². The Morgan fingerprint density at radius 2 is 2.15 bits per heavy atom. The fourth-order valence-electron chi connectivity index (χ4n) is 2.66. The molecule has 0 aliphatic carbocycles. The molecule has 1 fully saturated rings. The van der Waals surface area contributed by atoms with Crippen molar-refractivity contribution in [1.82, 2.24) is 15.1 Å². The largest absolute Gasteiger partial charge is 0.481 e. The van der Waals surface area contributed by atoms with Crippen molar-refractivity contribution in [1.29, 1.82) is 0 Å². The third-order valence-corrected chi connectivity index (χ3v) is 3.80. The molecule has 0 bridgehead atoms. The van der Waals surface area contributed by atoms with Gasteiger partial charge in [-0.2, -0.15) is 0 Å². The highest BCUT2D eigenvalue weighted by Crippen LogP contribution is 2.18. The molecule has 0 radical (unpaired) electrons. The lowest BCUT2D eigenvalue weighted by atomic mass is 10.0. The number of hydrogen-bond acceptors (Lipinski definition) is 3. The lowest BCUT2D eigenvalue weighted by Crippen LogP contribution is -2.47. The SMILES string of the molecule is CCC(CNC(=O)N1CCCC1CN(C)C)CC(=O)O. The van der Waals surface area contributed by atoms with Crippen LogP contribution in [0.25, 0.3) is 0 Å². The highest BCUT2D eigenvalue weighted by atomic mass is 16.4. The van der Waals surface area contributed by atoms with E-state index < -0.39 is 5.97 Å². The zero-order valence-corrected chi connectivity index (χ0v) is 12.8. The van der Waals surface area contributed by atoms with Gasteiger partial charge in [0.25, 0.3) is 0 Å². The smallest absolute Gasteiger partial charge is 0.317 e. The zero-order valence-electron chi connectivity index (χ0n) is 12.8. The summed E-state index contributed by atoms with van der Waals surface area (Å²) in [7, 11) is 4.02. The Hall–Kier alpha value is -1.30. The van der Waals surface area contributed by atoms with E-state index in [1.807, 2.05) is 25.9 Å². The van der Waals surface area contributed by atoms with Crippen molar-refractivity contribution in [2.75, 3.05) is 33.7 Å². The van der Waals surface area contributed by atoms with E-state index in [9.17, 15) is 9.59 Å². The lowest BCUT2D eigenvalue weighted by molar-refractivity contribution is -0.138. The number of nitrogens with one attached hydrogen (secondary N) is 1. The normalized spacial score (nSPS) is 20.2. The molecule has 1 aliphatic rings. The minimum absolute atomic E-state index is 0.00588. The average Bonchev–Trinajstić information content (AvgIpc) is 2.80. The van der Waals surface area contributed by atoms with Gasteiger partial charge in [0.05, 0.1) is 0 Å². The van der Waals surface area contributed by atoms with Gasteiger partial charge in [-0.05, 0) is 32.9 Å². The summed E-state index contributed by atoms with van der Waals surface area (Å²) in [4.78, 5) is 26.9. The summed E-state index contributed by atoms with van der Waals surface area (Å²) in [6.45, 7) is 4.05. The molecule has 1 saturated heterocycles. The molecule has 1 aliphatic heterocycles. The number of carbonyl (C=O) groups excluding carboxylic acids is 1. The predicted octanol–water partition coefficient (Wildman–Crippen LogP) is 1.22. The topological polar surface area (TPSA) is 72.9 Å². The zero-order chi connectivity index (χ0) is 15.1. The summed E-state index contributed by atoms with van der Waals surface area (Å²) in [6, 6.07) is 0.211. The van der Waals surface area contributed by atoms with Crippen molar-refractivity contribution in [3.05, 3.63) is 0 Å². The molecule has 2 N–H and O–H groups in total.